The largest absolute Gasteiger partial charge is 0.497 e. The van der Waals surface area contributed by atoms with Crippen molar-refractivity contribution in [2.24, 2.45) is 0 Å². The van der Waals surface area contributed by atoms with Crippen molar-refractivity contribution in [3.05, 3.63) is 24.3 Å². The lowest BCUT2D eigenvalue weighted by atomic mass is 9.91. The van der Waals surface area contributed by atoms with Crippen LogP contribution >= 0.6 is 11.8 Å². The molecule has 0 heterocycles. The summed E-state index contributed by atoms with van der Waals surface area (Å²) in [5.74, 6) is 1.90. The van der Waals surface area contributed by atoms with Crippen molar-refractivity contribution in [2.75, 3.05) is 12.9 Å². The highest BCUT2D eigenvalue weighted by molar-refractivity contribution is 7.99. The van der Waals surface area contributed by atoms with Crippen LogP contribution in [0.25, 0.3) is 0 Å². The highest BCUT2D eigenvalue weighted by atomic mass is 32.2. The van der Waals surface area contributed by atoms with Crippen molar-refractivity contribution >= 4 is 11.8 Å². The van der Waals surface area contributed by atoms with Crippen LogP contribution in [-0.2, 0) is 0 Å². The number of nitrogens with zero attached hydrogens (tertiary/aromatic N) is 1. The second kappa shape index (κ2) is 8.96. The topological polar surface area (TPSA) is 45.0 Å². The standard InChI is InChI=1S/C17H26N2OS/c1-5-17(13-18,19-14(2)3)10-7-11-21-16-9-6-8-15(12-16)20-4/h6,8-9,12,14,19H,5,7,10-11H2,1-4H3. The highest BCUT2D eigenvalue weighted by Gasteiger charge is 2.27. The number of hydrogen-bond donors (Lipinski definition) is 1. The Labute approximate surface area is 133 Å². The molecule has 0 bridgehead atoms. The van der Waals surface area contributed by atoms with E-state index in [0.717, 1.165) is 30.8 Å². The molecule has 21 heavy (non-hydrogen) atoms. The summed E-state index contributed by atoms with van der Waals surface area (Å²) in [5, 5.41) is 12.9. The van der Waals surface area contributed by atoms with Gasteiger partial charge in [0.15, 0.2) is 0 Å². The van der Waals surface area contributed by atoms with Gasteiger partial charge < -0.3 is 4.74 Å². The van der Waals surface area contributed by atoms with E-state index in [1.165, 1.54) is 4.90 Å². The second-order valence-corrected chi connectivity index (χ2v) is 6.65. The Morgan fingerprint density at radius 1 is 1.43 bits per heavy atom. The number of nitrogens with one attached hydrogen (secondary N) is 1. The smallest absolute Gasteiger partial charge is 0.119 e. The molecule has 0 saturated heterocycles. The SMILES string of the molecule is CCC(C#N)(CCCSc1cccc(OC)c1)NC(C)C. The molecule has 1 atom stereocenters. The van der Waals surface area contributed by atoms with Gasteiger partial charge in [-0.1, -0.05) is 13.0 Å². The Bertz CT molecular complexity index is 470. The fourth-order valence-corrected chi connectivity index (χ4v) is 3.22. The van der Waals surface area contributed by atoms with E-state index in [4.69, 9.17) is 4.74 Å². The summed E-state index contributed by atoms with van der Waals surface area (Å²) in [6.07, 6.45) is 2.74. The monoisotopic (exact) mass is 306 g/mol. The van der Waals surface area contributed by atoms with Gasteiger partial charge in [-0.05, 0) is 57.1 Å². The molecular weight excluding hydrogens is 280 g/mol. The van der Waals surface area contributed by atoms with E-state index in [1.807, 2.05) is 30.0 Å². The fraction of sp³-hybridized carbons (Fsp3) is 0.588. The predicted octanol–water partition coefficient (Wildman–Crippen LogP) is 4.24. The maximum absolute atomic E-state index is 9.47. The van der Waals surface area contributed by atoms with Crippen LogP contribution in [0.3, 0.4) is 0 Å². The maximum atomic E-state index is 9.47. The Hall–Kier alpha value is -1.18. The van der Waals surface area contributed by atoms with E-state index in [-0.39, 0.29) is 5.54 Å². The van der Waals surface area contributed by atoms with Crippen LogP contribution in [0, 0.1) is 11.3 Å². The highest BCUT2D eigenvalue weighted by Crippen LogP contribution is 2.25. The first-order valence-electron chi connectivity index (χ1n) is 7.51. The molecule has 0 radical (unpaired) electrons. The molecule has 1 rings (SSSR count). The van der Waals surface area contributed by atoms with Crippen molar-refractivity contribution in [2.45, 2.75) is 56.5 Å². The van der Waals surface area contributed by atoms with Crippen molar-refractivity contribution in [3.63, 3.8) is 0 Å². The van der Waals surface area contributed by atoms with E-state index in [2.05, 4.69) is 38.2 Å². The number of ether oxygens (including phenoxy) is 1. The molecule has 1 aromatic carbocycles. The summed E-state index contributed by atoms with van der Waals surface area (Å²) >= 11 is 1.81. The van der Waals surface area contributed by atoms with Crippen LogP contribution in [0.1, 0.15) is 40.0 Å². The molecule has 4 heteroatoms. The van der Waals surface area contributed by atoms with Gasteiger partial charge in [-0.2, -0.15) is 5.26 Å². The van der Waals surface area contributed by atoms with Crippen LogP contribution < -0.4 is 10.1 Å². The summed E-state index contributed by atoms with van der Waals surface area (Å²) in [7, 11) is 1.68. The van der Waals surface area contributed by atoms with E-state index in [0.29, 0.717) is 6.04 Å². The molecule has 116 valence electrons. The van der Waals surface area contributed by atoms with Crippen molar-refractivity contribution in [3.8, 4) is 11.8 Å². The first kappa shape index (κ1) is 17.9. The summed E-state index contributed by atoms with van der Waals surface area (Å²) in [6, 6.07) is 10.9. The molecule has 0 fully saturated rings. The summed E-state index contributed by atoms with van der Waals surface area (Å²) in [5.41, 5.74) is -0.386. The quantitative estimate of drug-likeness (QED) is 0.547. The lowest BCUT2D eigenvalue weighted by Gasteiger charge is -2.29. The summed E-state index contributed by atoms with van der Waals surface area (Å²) in [4.78, 5) is 1.21. The van der Waals surface area contributed by atoms with Crippen molar-refractivity contribution in [1.29, 1.82) is 5.26 Å². The molecule has 0 saturated carbocycles. The van der Waals surface area contributed by atoms with E-state index < -0.39 is 0 Å². The molecule has 1 unspecified atom stereocenters. The molecule has 0 aromatic heterocycles. The van der Waals surface area contributed by atoms with Crippen LogP contribution in [0.15, 0.2) is 29.2 Å². The number of rotatable bonds is 9. The second-order valence-electron chi connectivity index (χ2n) is 5.48. The van der Waals surface area contributed by atoms with E-state index in [1.54, 1.807) is 7.11 Å². The Kier molecular flexibility index (Phi) is 7.63. The molecule has 1 N–H and O–H groups in total. The number of thioether (sulfide) groups is 1. The van der Waals surface area contributed by atoms with Crippen molar-refractivity contribution < 1.29 is 4.74 Å². The number of benzene rings is 1. The zero-order chi connectivity index (χ0) is 15.7. The molecule has 0 aliphatic rings. The fourth-order valence-electron chi connectivity index (χ4n) is 2.33. The van der Waals surface area contributed by atoms with Gasteiger partial charge in [-0.15, -0.1) is 11.8 Å². The van der Waals surface area contributed by atoms with Gasteiger partial charge in [0, 0.05) is 10.9 Å². The molecule has 0 aliphatic heterocycles. The third-order valence-electron chi connectivity index (χ3n) is 3.44. The van der Waals surface area contributed by atoms with Gasteiger partial charge in [0.2, 0.25) is 0 Å². The minimum atomic E-state index is -0.386. The van der Waals surface area contributed by atoms with Crippen LogP contribution in [0.5, 0.6) is 5.75 Å². The number of hydrogen-bond acceptors (Lipinski definition) is 4. The maximum Gasteiger partial charge on any atom is 0.119 e. The van der Waals surface area contributed by atoms with E-state index >= 15 is 0 Å². The van der Waals surface area contributed by atoms with Crippen LogP contribution in [-0.4, -0.2) is 24.4 Å². The van der Waals surface area contributed by atoms with Gasteiger partial charge in [-0.3, -0.25) is 5.32 Å². The molecule has 1 aromatic rings. The Morgan fingerprint density at radius 2 is 2.19 bits per heavy atom. The van der Waals surface area contributed by atoms with Gasteiger partial charge in [-0.25, -0.2) is 0 Å². The Balaban J connectivity index is 2.46. The average Bonchev–Trinajstić information content (AvgIpc) is 2.50. The average molecular weight is 306 g/mol. The minimum absolute atomic E-state index is 0.329. The van der Waals surface area contributed by atoms with Gasteiger partial charge in [0.25, 0.3) is 0 Å². The first-order chi connectivity index (χ1) is 10.0. The number of nitriles is 1. The normalized spacial score (nSPS) is 13.7. The third-order valence-corrected chi connectivity index (χ3v) is 4.52. The van der Waals surface area contributed by atoms with Gasteiger partial charge in [0.1, 0.15) is 11.3 Å². The Morgan fingerprint density at radius 3 is 2.76 bits per heavy atom. The zero-order valence-corrected chi connectivity index (χ0v) is 14.3. The molecule has 0 amide bonds. The van der Waals surface area contributed by atoms with Gasteiger partial charge in [0.05, 0.1) is 13.2 Å². The molecule has 0 spiro atoms. The van der Waals surface area contributed by atoms with Crippen LogP contribution in [0.4, 0.5) is 0 Å². The summed E-state index contributed by atoms with van der Waals surface area (Å²) < 4.78 is 5.23. The lowest BCUT2D eigenvalue weighted by molar-refractivity contribution is 0.341. The number of methoxy groups -OCH3 is 1. The minimum Gasteiger partial charge on any atom is -0.497 e. The lowest BCUT2D eigenvalue weighted by Crippen LogP contribution is -2.47. The van der Waals surface area contributed by atoms with Crippen molar-refractivity contribution in [1.82, 2.24) is 5.32 Å². The van der Waals surface area contributed by atoms with E-state index in [9.17, 15) is 5.26 Å². The molecule has 0 aliphatic carbocycles. The first-order valence-corrected chi connectivity index (χ1v) is 8.49. The molecule has 3 nitrogen and oxygen atoms in total. The van der Waals surface area contributed by atoms with Crippen LogP contribution in [0.2, 0.25) is 0 Å². The zero-order valence-electron chi connectivity index (χ0n) is 13.5. The third kappa shape index (κ3) is 5.99. The molecular formula is C17H26N2OS. The predicted molar refractivity (Wildman–Crippen MR) is 89.9 cm³/mol. The van der Waals surface area contributed by atoms with Gasteiger partial charge >= 0.3 is 0 Å². The summed E-state index contributed by atoms with van der Waals surface area (Å²) in [6.45, 7) is 6.26.